The number of aromatic nitrogens is 4. The lowest BCUT2D eigenvalue weighted by atomic mass is 10.1. The molecule has 26 heavy (non-hydrogen) atoms. The molecule has 136 valence electrons. The highest BCUT2D eigenvalue weighted by atomic mass is 79.9. The third-order valence-corrected chi connectivity index (χ3v) is 4.81. The molecule has 6 nitrogen and oxygen atoms in total. The van der Waals surface area contributed by atoms with Gasteiger partial charge >= 0.3 is 0 Å². The van der Waals surface area contributed by atoms with Gasteiger partial charge in [0.25, 0.3) is 5.91 Å². The van der Waals surface area contributed by atoms with Crippen molar-refractivity contribution < 1.29 is 4.79 Å². The highest BCUT2D eigenvalue weighted by Gasteiger charge is 2.31. The molecule has 1 N–H and O–H groups in total. The molecule has 0 bridgehead atoms. The molecule has 0 fully saturated rings. The van der Waals surface area contributed by atoms with Gasteiger partial charge < -0.3 is 5.32 Å². The zero-order valence-corrected chi connectivity index (χ0v) is 17.0. The van der Waals surface area contributed by atoms with Gasteiger partial charge in [-0.05, 0) is 54.4 Å². The van der Waals surface area contributed by atoms with Gasteiger partial charge in [0.15, 0.2) is 5.82 Å². The normalized spacial score (nSPS) is 11.6. The first-order chi connectivity index (χ1) is 12.3. The average Bonchev–Trinajstić information content (AvgIpc) is 3.16. The van der Waals surface area contributed by atoms with Crippen LogP contribution in [0.3, 0.4) is 0 Å². The molecule has 8 heteroatoms. The number of carbonyl (C=O) groups is 1. The number of amides is 1. The number of rotatable bonds is 5. The number of halogens is 2. The lowest BCUT2D eigenvalue weighted by Gasteiger charge is -2.23. The number of carbonyl (C=O) groups excluding carboxylic acids is 1. The third kappa shape index (κ3) is 3.99. The SMILES string of the molecule is Cc1cc(NC(=O)C(C)(C)n2cc(Br)cn2)nn1Cc1ccc(Cl)cc1. The molecule has 2 aromatic heterocycles. The van der Waals surface area contributed by atoms with E-state index in [2.05, 4.69) is 31.4 Å². The summed E-state index contributed by atoms with van der Waals surface area (Å²) >= 11 is 9.27. The number of aryl methyl sites for hydroxylation is 1. The molecule has 0 aliphatic heterocycles. The van der Waals surface area contributed by atoms with Gasteiger partial charge in [-0.15, -0.1) is 0 Å². The van der Waals surface area contributed by atoms with Crippen molar-refractivity contribution in [3.63, 3.8) is 0 Å². The Bertz CT molecular complexity index is 929. The molecule has 1 amide bonds. The summed E-state index contributed by atoms with van der Waals surface area (Å²) in [5, 5.41) is 12.3. The molecular formula is C18H19BrClN5O. The highest BCUT2D eigenvalue weighted by Crippen LogP contribution is 2.20. The Balaban J connectivity index is 1.74. The summed E-state index contributed by atoms with van der Waals surface area (Å²) in [5.41, 5.74) is 1.19. The molecular weight excluding hydrogens is 418 g/mol. The van der Waals surface area contributed by atoms with Gasteiger partial charge in [-0.3, -0.25) is 14.2 Å². The molecule has 0 radical (unpaired) electrons. The van der Waals surface area contributed by atoms with Crippen molar-refractivity contribution in [2.45, 2.75) is 32.9 Å². The smallest absolute Gasteiger partial charge is 0.252 e. The molecule has 3 rings (SSSR count). The Morgan fingerprint density at radius 3 is 2.62 bits per heavy atom. The average molecular weight is 437 g/mol. The Labute approximate surface area is 165 Å². The molecule has 0 aliphatic rings. The van der Waals surface area contributed by atoms with E-state index in [9.17, 15) is 4.79 Å². The van der Waals surface area contributed by atoms with Crippen molar-refractivity contribution in [2.24, 2.45) is 0 Å². The number of hydrogen-bond donors (Lipinski definition) is 1. The van der Waals surface area contributed by atoms with Crippen LogP contribution in [0.2, 0.25) is 5.02 Å². The second-order valence-corrected chi connectivity index (χ2v) is 7.92. The summed E-state index contributed by atoms with van der Waals surface area (Å²) in [6, 6.07) is 9.47. The number of benzene rings is 1. The molecule has 2 heterocycles. The van der Waals surface area contributed by atoms with Crippen molar-refractivity contribution >= 4 is 39.3 Å². The van der Waals surface area contributed by atoms with Crippen LogP contribution < -0.4 is 5.32 Å². The minimum atomic E-state index is -0.847. The molecule has 1 aromatic carbocycles. The van der Waals surface area contributed by atoms with E-state index in [1.54, 1.807) is 30.9 Å². The van der Waals surface area contributed by atoms with Crippen LogP contribution in [0.15, 0.2) is 47.2 Å². The largest absolute Gasteiger partial charge is 0.307 e. The van der Waals surface area contributed by atoms with E-state index in [0.717, 1.165) is 15.7 Å². The van der Waals surface area contributed by atoms with E-state index >= 15 is 0 Å². The van der Waals surface area contributed by atoms with E-state index in [0.29, 0.717) is 17.4 Å². The van der Waals surface area contributed by atoms with Gasteiger partial charge in [-0.25, -0.2) is 0 Å². The maximum Gasteiger partial charge on any atom is 0.252 e. The van der Waals surface area contributed by atoms with Gasteiger partial charge in [-0.1, -0.05) is 23.7 Å². The van der Waals surface area contributed by atoms with Crippen molar-refractivity contribution in [1.29, 1.82) is 0 Å². The maximum atomic E-state index is 12.7. The van der Waals surface area contributed by atoms with E-state index in [4.69, 9.17) is 11.6 Å². The van der Waals surface area contributed by atoms with Crippen LogP contribution in [-0.4, -0.2) is 25.5 Å². The Hall–Kier alpha value is -2.12. The molecule has 0 saturated carbocycles. The van der Waals surface area contributed by atoms with Gasteiger partial charge in [0.05, 0.1) is 17.2 Å². The first-order valence-electron chi connectivity index (χ1n) is 8.07. The number of nitrogens with zero attached hydrogens (tertiary/aromatic N) is 4. The fraction of sp³-hybridized carbons (Fsp3) is 0.278. The second kappa shape index (κ2) is 7.25. The van der Waals surface area contributed by atoms with Crippen LogP contribution in [0.4, 0.5) is 5.82 Å². The van der Waals surface area contributed by atoms with E-state index in [1.165, 1.54) is 0 Å². The molecule has 0 atom stereocenters. The topological polar surface area (TPSA) is 64.7 Å². The van der Waals surface area contributed by atoms with Gasteiger partial charge in [0, 0.05) is 23.0 Å². The molecule has 0 unspecified atom stereocenters. The molecule has 0 spiro atoms. The minimum absolute atomic E-state index is 0.191. The molecule has 0 aliphatic carbocycles. The quantitative estimate of drug-likeness (QED) is 0.651. The third-order valence-electron chi connectivity index (χ3n) is 4.15. The van der Waals surface area contributed by atoms with Crippen LogP contribution in [0, 0.1) is 6.92 Å². The summed E-state index contributed by atoms with van der Waals surface area (Å²) in [5.74, 6) is 0.324. The van der Waals surface area contributed by atoms with Gasteiger partial charge in [-0.2, -0.15) is 10.2 Å². The van der Waals surface area contributed by atoms with Crippen LogP contribution in [0.1, 0.15) is 25.1 Å². The van der Waals surface area contributed by atoms with Crippen molar-refractivity contribution in [3.05, 3.63) is 63.5 Å². The summed E-state index contributed by atoms with van der Waals surface area (Å²) in [6.07, 6.45) is 3.42. The zero-order valence-electron chi connectivity index (χ0n) is 14.7. The van der Waals surface area contributed by atoms with E-state index in [1.807, 2.05) is 41.9 Å². The standard InChI is InChI=1S/C18H19BrClN5O/c1-12-8-16(23-24(12)10-13-4-6-15(20)7-5-13)22-17(26)18(2,3)25-11-14(19)9-21-25/h4-9,11H,10H2,1-3H3,(H,22,23,26). The minimum Gasteiger partial charge on any atom is -0.307 e. The second-order valence-electron chi connectivity index (χ2n) is 6.57. The van der Waals surface area contributed by atoms with Crippen LogP contribution in [0.25, 0.3) is 0 Å². The zero-order chi connectivity index (χ0) is 18.9. The fourth-order valence-corrected chi connectivity index (χ4v) is 2.89. The summed E-state index contributed by atoms with van der Waals surface area (Å²) in [6.45, 7) is 6.17. The van der Waals surface area contributed by atoms with E-state index in [-0.39, 0.29) is 5.91 Å². The number of nitrogens with one attached hydrogen (secondary N) is 1. The van der Waals surface area contributed by atoms with Crippen molar-refractivity contribution in [2.75, 3.05) is 5.32 Å². The fourth-order valence-electron chi connectivity index (χ4n) is 2.47. The summed E-state index contributed by atoms with van der Waals surface area (Å²) in [7, 11) is 0. The van der Waals surface area contributed by atoms with Crippen molar-refractivity contribution in [3.8, 4) is 0 Å². The monoisotopic (exact) mass is 435 g/mol. The summed E-state index contributed by atoms with van der Waals surface area (Å²) < 4.78 is 4.28. The van der Waals surface area contributed by atoms with Gasteiger partial charge in [0.1, 0.15) is 5.54 Å². The Morgan fingerprint density at radius 1 is 1.31 bits per heavy atom. The van der Waals surface area contributed by atoms with Crippen LogP contribution in [0.5, 0.6) is 0 Å². The number of anilines is 1. The maximum absolute atomic E-state index is 12.7. The predicted octanol–water partition coefficient (Wildman–Crippen LogP) is 4.23. The summed E-state index contributed by atoms with van der Waals surface area (Å²) in [4.78, 5) is 12.7. The molecule has 0 saturated heterocycles. The first-order valence-corrected chi connectivity index (χ1v) is 9.24. The van der Waals surface area contributed by atoms with Gasteiger partial charge in [0.2, 0.25) is 0 Å². The lowest BCUT2D eigenvalue weighted by molar-refractivity contribution is -0.123. The molecule has 3 aromatic rings. The van der Waals surface area contributed by atoms with Crippen LogP contribution in [-0.2, 0) is 16.9 Å². The Morgan fingerprint density at radius 2 is 2.00 bits per heavy atom. The lowest BCUT2D eigenvalue weighted by Crippen LogP contribution is -2.40. The first kappa shape index (κ1) is 18.7. The predicted molar refractivity (Wildman–Crippen MR) is 105 cm³/mol. The van der Waals surface area contributed by atoms with Crippen LogP contribution >= 0.6 is 27.5 Å². The van der Waals surface area contributed by atoms with Crippen molar-refractivity contribution in [1.82, 2.24) is 19.6 Å². The van der Waals surface area contributed by atoms with E-state index < -0.39 is 5.54 Å². The Kier molecular flexibility index (Phi) is 5.20. The highest BCUT2D eigenvalue weighted by molar-refractivity contribution is 9.10. The number of hydrogen-bond acceptors (Lipinski definition) is 3.